The molecule has 0 saturated carbocycles. The summed E-state index contributed by atoms with van der Waals surface area (Å²) in [6, 6.07) is 18.6. The van der Waals surface area contributed by atoms with E-state index < -0.39 is 5.91 Å². The fraction of sp³-hybridized carbons (Fsp3) is 0. The molecule has 0 atom stereocenters. The Morgan fingerprint density at radius 1 is 1.00 bits per heavy atom. The molecule has 0 aliphatic carbocycles. The monoisotopic (exact) mass is 249 g/mol. The van der Waals surface area contributed by atoms with Gasteiger partial charge in [-0.1, -0.05) is 60.7 Å². The van der Waals surface area contributed by atoms with Crippen molar-refractivity contribution in [1.82, 2.24) is 0 Å². The lowest BCUT2D eigenvalue weighted by Crippen LogP contribution is -1.97. The summed E-state index contributed by atoms with van der Waals surface area (Å²) in [6.45, 7) is 0. The summed E-state index contributed by atoms with van der Waals surface area (Å²) < 4.78 is 0. The zero-order chi connectivity index (χ0) is 13.5. The highest BCUT2D eigenvalue weighted by Gasteiger charge is 2.09. The van der Waals surface area contributed by atoms with Gasteiger partial charge in [0.25, 0.3) is 0 Å². The summed E-state index contributed by atoms with van der Waals surface area (Å²) in [7, 11) is 0. The maximum Gasteiger partial charge on any atom is 0.249 e. The van der Waals surface area contributed by atoms with Gasteiger partial charge in [0.1, 0.15) is 0 Å². The Kier molecular flexibility index (Phi) is 4.11. The van der Waals surface area contributed by atoms with Crippen LogP contribution in [0.3, 0.4) is 0 Å². The van der Waals surface area contributed by atoms with Gasteiger partial charge in [-0.15, -0.1) is 0 Å². The molecule has 0 heterocycles. The van der Waals surface area contributed by atoms with E-state index in [1.54, 1.807) is 18.2 Å². The molecule has 1 amide bonds. The molecular formula is C15H11N3O. The third-order valence-electron chi connectivity index (χ3n) is 2.56. The molecule has 4 nitrogen and oxygen atoms in total. The highest BCUT2D eigenvalue weighted by atomic mass is 16.1. The smallest absolute Gasteiger partial charge is 0.249 e. The number of azide groups is 1. The molecule has 0 spiro atoms. The first-order chi connectivity index (χ1) is 9.31. The van der Waals surface area contributed by atoms with Crippen molar-refractivity contribution in [2.75, 3.05) is 0 Å². The molecule has 0 bridgehead atoms. The standard InChI is InChI=1S/C15H11N3O/c16-18-17-15(19)14(13-9-5-2-6-10-13)11-12-7-3-1-4-8-12/h1-11H/b14-11-. The summed E-state index contributed by atoms with van der Waals surface area (Å²) in [6.07, 6.45) is 1.71. The van der Waals surface area contributed by atoms with Gasteiger partial charge in [-0.3, -0.25) is 4.79 Å². The van der Waals surface area contributed by atoms with Crippen molar-refractivity contribution >= 4 is 17.6 Å². The second-order valence-corrected chi connectivity index (χ2v) is 3.83. The van der Waals surface area contributed by atoms with E-state index in [2.05, 4.69) is 10.0 Å². The van der Waals surface area contributed by atoms with Crippen LogP contribution >= 0.6 is 0 Å². The molecule has 0 unspecified atom stereocenters. The molecule has 2 rings (SSSR count). The number of nitrogens with zero attached hydrogens (tertiary/aromatic N) is 3. The molecule has 2 aromatic carbocycles. The number of carbonyl (C=O) groups is 1. The summed E-state index contributed by atoms with van der Waals surface area (Å²) >= 11 is 0. The predicted molar refractivity (Wildman–Crippen MR) is 74.9 cm³/mol. The molecule has 0 saturated heterocycles. The van der Waals surface area contributed by atoms with Crippen molar-refractivity contribution in [3.8, 4) is 0 Å². The van der Waals surface area contributed by atoms with E-state index in [1.807, 2.05) is 48.5 Å². The molecule has 0 aliphatic heterocycles. The van der Waals surface area contributed by atoms with Gasteiger partial charge in [0.15, 0.2) is 0 Å². The van der Waals surface area contributed by atoms with Crippen LogP contribution in [-0.4, -0.2) is 5.91 Å². The van der Waals surface area contributed by atoms with E-state index in [1.165, 1.54) is 0 Å². The number of hydrogen-bond donors (Lipinski definition) is 0. The van der Waals surface area contributed by atoms with E-state index in [4.69, 9.17) is 5.53 Å². The predicted octanol–water partition coefficient (Wildman–Crippen LogP) is 4.06. The molecular weight excluding hydrogens is 238 g/mol. The first kappa shape index (κ1) is 12.6. The molecule has 92 valence electrons. The molecule has 4 heteroatoms. The molecule has 19 heavy (non-hydrogen) atoms. The normalized spacial score (nSPS) is 10.6. The van der Waals surface area contributed by atoms with E-state index in [-0.39, 0.29) is 0 Å². The molecule has 0 aliphatic rings. The summed E-state index contributed by atoms with van der Waals surface area (Å²) in [5, 5.41) is 3.17. The third kappa shape index (κ3) is 3.31. The van der Waals surface area contributed by atoms with Crippen LogP contribution in [0, 0.1) is 0 Å². The van der Waals surface area contributed by atoms with Crippen molar-refractivity contribution in [2.24, 2.45) is 5.11 Å². The maximum atomic E-state index is 11.9. The zero-order valence-electron chi connectivity index (χ0n) is 10.1. The Morgan fingerprint density at radius 3 is 2.16 bits per heavy atom. The lowest BCUT2D eigenvalue weighted by Gasteiger charge is -2.03. The Morgan fingerprint density at radius 2 is 1.58 bits per heavy atom. The second-order valence-electron chi connectivity index (χ2n) is 3.83. The Bertz CT molecular complexity index is 642. The number of rotatable bonds is 3. The Hall–Kier alpha value is -2.84. The summed E-state index contributed by atoms with van der Waals surface area (Å²) in [4.78, 5) is 14.4. The van der Waals surface area contributed by atoms with E-state index in [0.29, 0.717) is 5.57 Å². The molecule has 0 aromatic heterocycles. The first-order valence-electron chi connectivity index (χ1n) is 5.73. The highest BCUT2D eigenvalue weighted by molar-refractivity contribution is 6.24. The quantitative estimate of drug-likeness (QED) is 0.266. The number of amides is 1. The molecule has 0 N–H and O–H groups in total. The van der Waals surface area contributed by atoms with Crippen LogP contribution in [0.4, 0.5) is 0 Å². The minimum atomic E-state index is -0.586. The first-order valence-corrected chi connectivity index (χ1v) is 5.73. The fourth-order valence-electron chi connectivity index (χ4n) is 1.70. The SMILES string of the molecule is [N-]=[N+]=NC(=O)/C(=C\c1ccccc1)c1ccccc1. The molecule has 0 radical (unpaired) electrons. The van der Waals surface area contributed by atoms with Crippen LogP contribution < -0.4 is 0 Å². The van der Waals surface area contributed by atoms with Crippen LogP contribution in [0.25, 0.3) is 22.1 Å². The van der Waals surface area contributed by atoms with Crippen LogP contribution in [0.5, 0.6) is 0 Å². The molecule has 0 fully saturated rings. The van der Waals surface area contributed by atoms with Gasteiger partial charge in [0, 0.05) is 10.5 Å². The number of carbonyl (C=O) groups excluding carboxylic acids is 1. The minimum absolute atomic E-state index is 0.379. The third-order valence-corrected chi connectivity index (χ3v) is 2.56. The average molecular weight is 249 g/mol. The molecule has 2 aromatic rings. The van der Waals surface area contributed by atoms with Crippen molar-refractivity contribution in [3.63, 3.8) is 0 Å². The van der Waals surface area contributed by atoms with Gasteiger partial charge in [0.2, 0.25) is 5.91 Å². The largest absolute Gasteiger partial charge is 0.287 e. The lowest BCUT2D eigenvalue weighted by atomic mass is 10.0. The summed E-state index contributed by atoms with van der Waals surface area (Å²) in [5.41, 5.74) is 10.4. The van der Waals surface area contributed by atoms with Crippen molar-refractivity contribution in [2.45, 2.75) is 0 Å². The van der Waals surface area contributed by atoms with Crippen LogP contribution in [0.2, 0.25) is 0 Å². The maximum absolute atomic E-state index is 11.9. The van der Waals surface area contributed by atoms with Crippen molar-refractivity contribution in [3.05, 3.63) is 82.2 Å². The van der Waals surface area contributed by atoms with E-state index in [9.17, 15) is 4.79 Å². The Labute approximate surface area is 110 Å². The zero-order valence-corrected chi connectivity index (χ0v) is 10.1. The van der Waals surface area contributed by atoms with Crippen LogP contribution in [0.1, 0.15) is 11.1 Å². The number of benzene rings is 2. The second kappa shape index (κ2) is 6.19. The lowest BCUT2D eigenvalue weighted by molar-refractivity contribution is -0.112. The van der Waals surface area contributed by atoms with Crippen molar-refractivity contribution in [1.29, 1.82) is 0 Å². The van der Waals surface area contributed by atoms with E-state index >= 15 is 0 Å². The van der Waals surface area contributed by atoms with Gasteiger partial charge in [-0.25, -0.2) is 0 Å². The van der Waals surface area contributed by atoms with Crippen molar-refractivity contribution < 1.29 is 4.79 Å². The van der Waals surface area contributed by atoms with E-state index in [0.717, 1.165) is 11.1 Å². The van der Waals surface area contributed by atoms with Gasteiger partial charge in [-0.05, 0) is 27.8 Å². The number of hydrogen-bond acceptors (Lipinski definition) is 1. The average Bonchev–Trinajstić information content (AvgIpc) is 2.47. The Balaban J connectivity index is 2.49. The van der Waals surface area contributed by atoms with Gasteiger partial charge >= 0.3 is 0 Å². The van der Waals surface area contributed by atoms with Gasteiger partial charge in [0.05, 0.1) is 0 Å². The fourth-order valence-corrected chi connectivity index (χ4v) is 1.70. The van der Waals surface area contributed by atoms with Gasteiger partial charge < -0.3 is 0 Å². The van der Waals surface area contributed by atoms with Crippen LogP contribution in [-0.2, 0) is 4.79 Å². The summed E-state index contributed by atoms with van der Waals surface area (Å²) in [5.74, 6) is -0.586. The topological polar surface area (TPSA) is 65.8 Å². The highest BCUT2D eigenvalue weighted by Crippen LogP contribution is 2.19. The van der Waals surface area contributed by atoms with Gasteiger partial charge in [-0.2, -0.15) is 0 Å². The van der Waals surface area contributed by atoms with Crippen LogP contribution in [0.15, 0.2) is 65.8 Å². The minimum Gasteiger partial charge on any atom is -0.287 e.